The Labute approximate surface area is 148 Å². The van der Waals surface area contributed by atoms with Gasteiger partial charge in [-0.15, -0.1) is 0 Å². The van der Waals surface area contributed by atoms with Crippen molar-refractivity contribution in [3.05, 3.63) is 23.8 Å². The van der Waals surface area contributed by atoms with Crippen LogP contribution in [0.15, 0.2) is 23.1 Å². The molecule has 2 rings (SSSR count). The first-order valence-corrected chi connectivity index (χ1v) is 9.97. The molecule has 25 heavy (non-hydrogen) atoms. The van der Waals surface area contributed by atoms with Crippen molar-refractivity contribution in [2.45, 2.75) is 56.0 Å². The summed E-state index contributed by atoms with van der Waals surface area (Å²) >= 11 is 0. The van der Waals surface area contributed by atoms with Gasteiger partial charge in [-0.25, -0.2) is 17.9 Å². The Morgan fingerprint density at radius 1 is 1.32 bits per heavy atom. The van der Waals surface area contributed by atoms with Crippen molar-refractivity contribution in [3.63, 3.8) is 0 Å². The van der Waals surface area contributed by atoms with E-state index < -0.39 is 22.0 Å². The second kappa shape index (κ2) is 8.64. The maximum atomic E-state index is 12.8. The number of hydrogen-bond acceptors (Lipinski definition) is 5. The fraction of sp³-hybridized carbons (Fsp3) is 0.588. The minimum atomic E-state index is -3.87. The largest absolute Gasteiger partial charge is 0.478 e. The average molecular weight is 370 g/mol. The number of aromatic carboxylic acids is 1. The van der Waals surface area contributed by atoms with E-state index in [1.807, 2.05) is 0 Å². The first-order chi connectivity index (χ1) is 11.8. The number of carbonyl (C=O) groups is 1. The van der Waals surface area contributed by atoms with Gasteiger partial charge in [0.05, 0.1) is 17.9 Å². The topological polar surface area (TPSA) is 105 Å². The van der Waals surface area contributed by atoms with E-state index in [-0.39, 0.29) is 23.1 Å². The minimum absolute atomic E-state index is 0.0408. The van der Waals surface area contributed by atoms with Crippen molar-refractivity contribution < 1.29 is 23.1 Å². The Morgan fingerprint density at radius 2 is 2.00 bits per heavy atom. The van der Waals surface area contributed by atoms with Gasteiger partial charge in [0.1, 0.15) is 4.90 Å². The molecule has 1 atom stereocenters. The number of carboxylic acids is 1. The van der Waals surface area contributed by atoms with Crippen molar-refractivity contribution in [3.8, 4) is 0 Å². The molecule has 0 bridgehead atoms. The van der Waals surface area contributed by atoms with Crippen LogP contribution in [-0.4, -0.2) is 45.3 Å². The lowest BCUT2D eigenvalue weighted by Gasteiger charge is -2.25. The standard InChI is InChI=1S/C17H26N2O5S/c1-12(11-24-2)19-25(22,23)16-10-13(17(20)21)8-9-15(16)18-14-6-4-3-5-7-14/h8-10,12,14,18-19H,3-7,11H2,1-2H3,(H,20,21)/t12-/m1/s1. The Hall–Kier alpha value is -1.64. The number of sulfonamides is 1. The molecular weight excluding hydrogens is 344 g/mol. The van der Waals surface area contributed by atoms with E-state index >= 15 is 0 Å². The van der Waals surface area contributed by atoms with Gasteiger partial charge in [-0.1, -0.05) is 19.3 Å². The molecule has 0 aliphatic heterocycles. The first-order valence-electron chi connectivity index (χ1n) is 8.48. The Balaban J connectivity index is 2.33. The monoisotopic (exact) mass is 370 g/mol. The first kappa shape index (κ1) is 19.7. The number of ether oxygens (including phenoxy) is 1. The van der Waals surface area contributed by atoms with Crippen LogP contribution in [0.1, 0.15) is 49.4 Å². The Kier molecular flexibility index (Phi) is 6.80. The van der Waals surface area contributed by atoms with Gasteiger partial charge in [-0.2, -0.15) is 0 Å². The molecule has 0 radical (unpaired) electrons. The molecule has 0 unspecified atom stereocenters. The summed E-state index contributed by atoms with van der Waals surface area (Å²) in [5.41, 5.74) is 0.378. The molecular formula is C17H26N2O5S. The second-order valence-corrected chi connectivity index (χ2v) is 8.16. The van der Waals surface area contributed by atoms with Gasteiger partial charge in [0.2, 0.25) is 10.0 Å². The number of benzene rings is 1. The van der Waals surface area contributed by atoms with Gasteiger partial charge in [0.25, 0.3) is 0 Å². The summed E-state index contributed by atoms with van der Waals surface area (Å²) in [5.74, 6) is -1.16. The molecule has 1 saturated carbocycles. The lowest BCUT2D eigenvalue weighted by atomic mass is 9.95. The number of carboxylic acid groups (broad SMARTS) is 1. The van der Waals surface area contributed by atoms with Crippen molar-refractivity contribution >= 4 is 21.7 Å². The predicted octanol–water partition coefficient (Wildman–Crippen LogP) is 2.44. The number of methoxy groups -OCH3 is 1. The number of rotatable bonds is 8. The summed E-state index contributed by atoms with van der Waals surface area (Å²) in [6.45, 7) is 1.92. The molecule has 0 heterocycles. The van der Waals surface area contributed by atoms with Crippen LogP contribution in [0.4, 0.5) is 5.69 Å². The van der Waals surface area contributed by atoms with E-state index in [4.69, 9.17) is 4.74 Å². The van der Waals surface area contributed by atoms with Gasteiger partial charge < -0.3 is 15.2 Å². The van der Waals surface area contributed by atoms with Crippen LogP contribution in [0.2, 0.25) is 0 Å². The molecule has 7 nitrogen and oxygen atoms in total. The summed E-state index contributed by atoms with van der Waals surface area (Å²) in [6.07, 6.45) is 5.37. The summed E-state index contributed by atoms with van der Waals surface area (Å²) in [6, 6.07) is 3.94. The third-order valence-electron chi connectivity index (χ3n) is 4.26. The average Bonchev–Trinajstić information content (AvgIpc) is 2.55. The lowest BCUT2D eigenvalue weighted by molar-refractivity contribution is 0.0696. The lowest BCUT2D eigenvalue weighted by Crippen LogP contribution is -2.36. The van der Waals surface area contributed by atoms with Crippen LogP contribution in [0.5, 0.6) is 0 Å². The smallest absolute Gasteiger partial charge is 0.335 e. The van der Waals surface area contributed by atoms with Crippen LogP contribution in [0.3, 0.4) is 0 Å². The second-order valence-electron chi connectivity index (χ2n) is 6.47. The zero-order valence-electron chi connectivity index (χ0n) is 14.6. The van der Waals surface area contributed by atoms with Crippen LogP contribution in [0, 0.1) is 0 Å². The van der Waals surface area contributed by atoms with E-state index in [1.165, 1.54) is 31.7 Å². The zero-order chi connectivity index (χ0) is 18.4. The summed E-state index contributed by atoms with van der Waals surface area (Å²) in [5, 5.41) is 12.5. The van der Waals surface area contributed by atoms with E-state index in [0.717, 1.165) is 25.7 Å². The third kappa shape index (κ3) is 5.42. The highest BCUT2D eigenvalue weighted by atomic mass is 32.2. The van der Waals surface area contributed by atoms with Gasteiger partial charge >= 0.3 is 5.97 Å². The molecule has 1 aliphatic rings. The molecule has 1 aromatic rings. The normalized spacial score (nSPS) is 17.2. The molecule has 0 aromatic heterocycles. The molecule has 3 N–H and O–H groups in total. The highest BCUT2D eigenvalue weighted by Crippen LogP contribution is 2.27. The Bertz CT molecular complexity index is 699. The fourth-order valence-corrected chi connectivity index (χ4v) is 4.50. The quantitative estimate of drug-likeness (QED) is 0.649. The van der Waals surface area contributed by atoms with Crippen molar-refractivity contribution in [2.24, 2.45) is 0 Å². The maximum Gasteiger partial charge on any atom is 0.335 e. The molecule has 8 heteroatoms. The maximum absolute atomic E-state index is 12.8. The fourth-order valence-electron chi connectivity index (χ4n) is 3.08. The van der Waals surface area contributed by atoms with Gasteiger partial charge in [0, 0.05) is 19.2 Å². The van der Waals surface area contributed by atoms with Gasteiger partial charge in [0.15, 0.2) is 0 Å². The molecule has 1 aliphatic carbocycles. The highest BCUT2D eigenvalue weighted by molar-refractivity contribution is 7.89. The van der Waals surface area contributed by atoms with Crippen LogP contribution in [0.25, 0.3) is 0 Å². The highest BCUT2D eigenvalue weighted by Gasteiger charge is 2.24. The number of nitrogens with one attached hydrogen (secondary N) is 2. The molecule has 0 spiro atoms. The van der Waals surface area contributed by atoms with Crippen molar-refractivity contribution in [1.29, 1.82) is 0 Å². The number of hydrogen-bond donors (Lipinski definition) is 3. The summed E-state index contributed by atoms with van der Waals surface area (Å²) < 4.78 is 33.0. The molecule has 0 saturated heterocycles. The van der Waals surface area contributed by atoms with Crippen LogP contribution >= 0.6 is 0 Å². The molecule has 140 valence electrons. The van der Waals surface area contributed by atoms with Gasteiger partial charge in [-0.05, 0) is 38.0 Å². The van der Waals surface area contributed by atoms with Crippen LogP contribution in [-0.2, 0) is 14.8 Å². The van der Waals surface area contributed by atoms with Crippen LogP contribution < -0.4 is 10.0 Å². The Morgan fingerprint density at radius 3 is 2.60 bits per heavy atom. The summed E-state index contributed by atoms with van der Waals surface area (Å²) in [7, 11) is -2.38. The van der Waals surface area contributed by atoms with Crippen molar-refractivity contribution in [1.82, 2.24) is 4.72 Å². The third-order valence-corrected chi connectivity index (χ3v) is 5.89. The van der Waals surface area contributed by atoms with E-state index in [0.29, 0.717) is 5.69 Å². The minimum Gasteiger partial charge on any atom is -0.478 e. The SMILES string of the molecule is COC[C@@H](C)NS(=O)(=O)c1cc(C(=O)O)ccc1NC1CCCCC1. The van der Waals surface area contributed by atoms with Crippen molar-refractivity contribution in [2.75, 3.05) is 19.0 Å². The molecule has 0 amide bonds. The molecule has 1 aromatic carbocycles. The van der Waals surface area contributed by atoms with E-state index in [2.05, 4.69) is 10.0 Å². The van der Waals surface area contributed by atoms with E-state index in [9.17, 15) is 18.3 Å². The summed E-state index contributed by atoms with van der Waals surface area (Å²) in [4.78, 5) is 11.2. The predicted molar refractivity (Wildman–Crippen MR) is 95.6 cm³/mol. The molecule has 1 fully saturated rings. The zero-order valence-corrected chi connectivity index (χ0v) is 15.4. The number of anilines is 1. The van der Waals surface area contributed by atoms with E-state index in [1.54, 1.807) is 6.92 Å². The van der Waals surface area contributed by atoms with Gasteiger partial charge in [-0.3, -0.25) is 0 Å².